The molecule has 8 unspecified atom stereocenters. The van der Waals surface area contributed by atoms with Crippen molar-refractivity contribution in [3.8, 4) is 35.4 Å². The van der Waals surface area contributed by atoms with E-state index in [-0.39, 0.29) is 102 Å². The number of aliphatic hydroxyl groups is 1. The molecule has 7 aliphatic rings. The number of phenolic OH excluding ortho intramolecular Hbond substituents is 1. The molecule has 2 bridgehead atoms. The van der Waals surface area contributed by atoms with Crippen LogP contribution in [0.5, 0.6) is 11.8 Å². The van der Waals surface area contributed by atoms with Crippen molar-refractivity contribution in [2.45, 2.75) is 100 Å². The zero-order valence-corrected chi connectivity index (χ0v) is 42.1. The average molecular weight is 1040 g/mol. The van der Waals surface area contributed by atoms with Gasteiger partial charge in [0.1, 0.15) is 48.0 Å². The number of phenols is 1. The second-order valence-electron chi connectivity index (χ2n) is 20.9. The predicted octanol–water partition coefficient (Wildman–Crippen LogP) is 4.15. The molecule has 11 rings (SSSR count). The van der Waals surface area contributed by atoms with Crippen LogP contribution in [0.3, 0.4) is 0 Å². The number of piperidine rings is 1. The van der Waals surface area contributed by atoms with Gasteiger partial charge in [-0.05, 0) is 93.8 Å². The van der Waals surface area contributed by atoms with E-state index in [2.05, 4.69) is 43.2 Å². The first-order chi connectivity index (χ1) is 36.8. The van der Waals surface area contributed by atoms with Crippen LogP contribution >= 0.6 is 0 Å². The maximum absolute atomic E-state index is 17.3. The molecule has 8 heterocycles. The third kappa shape index (κ3) is 9.86. The number of imide groups is 2. The van der Waals surface area contributed by atoms with Crippen LogP contribution in [-0.2, 0) is 28.7 Å². The van der Waals surface area contributed by atoms with Crippen LogP contribution in [-0.4, -0.2) is 154 Å². The molecule has 2 aromatic heterocycles. The summed E-state index contributed by atoms with van der Waals surface area (Å²) in [4.78, 5) is 79.1. The topological polar surface area (TPSA) is 229 Å². The molecule has 6 saturated heterocycles. The van der Waals surface area contributed by atoms with Crippen molar-refractivity contribution >= 4 is 57.9 Å². The summed E-state index contributed by atoms with van der Waals surface area (Å²) in [6.45, 7) is 10.3. The van der Waals surface area contributed by atoms with E-state index < -0.39 is 58.9 Å². The number of aromatic hydroxyl groups is 1. The monoisotopic (exact) mass is 1040 g/mol. The number of piperazine rings is 1. The van der Waals surface area contributed by atoms with Gasteiger partial charge in [0, 0.05) is 86.7 Å². The Morgan fingerprint density at radius 2 is 1.84 bits per heavy atom. The summed E-state index contributed by atoms with van der Waals surface area (Å²) in [5, 5.41) is 31.3. The SMILES string of the molecule is C#Cc1c(F)ccc2cc(O)cc(-c3ncc4c(N5CC6CCC(C5)N6)nc(OCC56CCC(CNCCC(CCO)CCOC7C=CC=C8C(=O)N(C9CCC(=O)NC9=O)C(=O)C87)N5CC(=C)C6)nc4c3F)c12.C=O. The number of aliphatic hydroxyl groups excluding tert-OH is 1. The minimum atomic E-state index is -1.04. The van der Waals surface area contributed by atoms with Crippen LogP contribution in [0.4, 0.5) is 14.6 Å². The van der Waals surface area contributed by atoms with Gasteiger partial charge in [-0.15, -0.1) is 6.42 Å². The lowest BCUT2D eigenvalue weighted by atomic mass is 9.91. The Hall–Kier alpha value is -7.02. The Balaban J connectivity index is 0.00000325. The molecule has 6 fully saturated rings. The van der Waals surface area contributed by atoms with E-state index >= 15 is 8.78 Å². The lowest BCUT2D eigenvalue weighted by molar-refractivity contribution is -0.151. The van der Waals surface area contributed by atoms with Gasteiger partial charge in [0.25, 0.3) is 5.91 Å². The van der Waals surface area contributed by atoms with Gasteiger partial charge in [0.2, 0.25) is 17.7 Å². The molecule has 6 aliphatic heterocycles. The first-order valence-corrected chi connectivity index (χ1v) is 26.0. The Labute approximate surface area is 438 Å². The van der Waals surface area contributed by atoms with Crippen LogP contribution in [0, 0.1) is 35.8 Å². The van der Waals surface area contributed by atoms with E-state index in [1.807, 2.05) is 6.79 Å². The maximum Gasteiger partial charge on any atom is 0.319 e. The molecule has 76 heavy (non-hydrogen) atoms. The number of allylic oxidation sites excluding steroid dienone is 2. The number of carbonyl (C=O) groups is 5. The number of carbonyl (C=O) groups excluding carboxylic acids is 5. The third-order valence-corrected chi connectivity index (χ3v) is 16.3. The molecule has 398 valence electrons. The number of pyridine rings is 1. The molecular weight excluding hydrogens is 981 g/mol. The fourth-order valence-corrected chi connectivity index (χ4v) is 12.7. The van der Waals surface area contributed by atoms with E-state index in [0.717, 1.165) is 42.6 Å². The van der Waals surface area contributed by atoms with E-state index in [0.29, 0.717) is 68.6 Å². The van der Waals surface area contributed by atoms with Crippen LogP contribution in [0.15, 0.2) is 66.4 Å². The summed E-state index contributed by atoms with van der Waals surface area (Å²) in [5.74, 6) is -1.59. The van der Waals surface area contributed by atoms with Gasteiger partial charge in [-0.1, -0.05) is 42.4 Å². The highest BCUT2D eigenvalue weighted by Gasteiger charge is 2.53. The molecule has 0 saturated carbocycles. The van der Waals surface area contributed by atoms with Crippen molar-refractivity contribution in [2.75, 3.05) is 57.4 Å². The number of amides is 4. The van der Waals surface area contributed by atoms with Crippen molar-refractivity contribution in [1.29, 1.82) is 0 Å². The zero-order chi connectivity index (χ0) is 53.4. The minimum absolute atomic E-state index is 0.00513. The molecule has 18 nitrogen and oxygen atoms in total. The molecule has 8 atom stereocenters. The first-order valence-electron chi connectivity index (χ1n) is 26.0. The Kier molecular flexibility index (Phi) is 15.1. The van der Waals surface area contributed by atoms with Gasteiger partial charge in [-0.25, -0.2) is 8.78 Å². The number of fused-ring (bicyclic) bond motifs is 6. The van der Waals surface area contributed by atoms with Crippen molar-refractivity contribution in [3.05, 3.63) is 83.6 Å². The van der Waals surface area contributed by atoms with Crippen LogP contribution in [0.25, 0.3) is 32.9 Å². The average Bonchev–Trinajstić information content (AvgIpc) is 4.15. The summed E-state index contributed by atoms with van der Waals surface area (Å²) in [6.07, 6.45) is 18.2. The second kappa shape index (κ2) is 21.9. The molecule has 0 spiro atoms. The van der Waals surface area contributed by atoms with Crippen LogP contribution < -0.4 is 25.6 Å². The molecule has 4 amide bonds. The zero-order valence-electron chi connectivity index (χ0n) is 42.1. The first kappa shape index (κ1) is 52.4. The molecule has 4 aromatic rings. The molecule has 5 N–H and O–H groups in total. The van der Waals surface area contributed by atoms with Crippen molar-refractivity contribution < 1.29 is 52.4 Å². The van der Waals surface area contributed by atoms with Crippen LogP contribution in [0.1, 0.15) is 69.8 Å². The molecule has 1 aliphatic carbocycles. The highest BCUT2D eigenvalue weighted by Crippen LogP contribution is 2.45. The molecular formula is C56H61F2N9O9. The number of hydrogen-bond donors (Lipinski definition) is 5. The van der Waals surface area contributed by atoms with Gasteiger partial charge in [0.05, 0.1) is 28.5 Å². The number of nitrogens with zero attached hydrogens (tertiary/aromatic N) is 6. The number of terminal acetylenes is 1. The summed E-state index contributed by atoms with van der Waals surface area (Å²) in [6, 6.07) is 5.13. The number of ether oxygens (including phenoxy) is 2. The maximum atomic E-state index is 17.3. The number of likely N-dealkylation sites (tertiary alicyclic amines) is 1. The van der Waals surface area contributed by atoms with E-state index in [9.17, 15) is 29.4 Å². The summed E-state index contributed by atoms with van der Waals surface area (Å²) >= 11 is 0. The number of nitrogens with one attached hydrogen (secondary N) is 3. The number of rotatable bonds is 17. The number of halogens is 2. The smallest absolute Gasteiger partial charge is 0.319 e. The van der Waals surface area contributed by atoms with Gasteiger partial charge < -0.3 is 40.0 Å². The quantitative estimate of drug-likeness (QED) is 0.0433. The third-order valence-electron chi connectivity index (χ3n) is 16.3. The Bertz CT molecular complexity index is 3100. The normalized spacial score (nSPS) is 26.3. The van der Waals surface area contributed by atoms with E-state index in [1.54, 1.807) is 18.2 Å². The van der Waals surface area contributed by atoms with Crippen LogP contribution in [0.2, 0.25) is 0 Å². The molecule has 0 radical (unpaired) electrons. The molecule has 2 aromatic carbocycles. The Morgan fingerprint density at radius 3 is 2.61 bits per heavy atom. The van der Waals surface area contributed by atoms with Gasteiger partial charge in [-0.3, -0.25) is 39.3 Å². The fourth-order valence-electron chi connectivity index (χ4n) is 12.7. The lowest BCUT2D eigenvalue weighted by Crippen LogP contribution is -2.54. The standard InChI is InChI=1S/C55H59F2N9O8.CH2O/c1-3-37-41(56)10-7-32-21-36(68)22-39(45(32)37)48-47(57)49-40(25-59-48)50(64-27-33-8-9-34(28-64)60-33)63-54(62-49)74-29-55-17-13-35(65(55)26-30(2)23-55)24-58-18-14-31(15-19-67)16-20-73-43-6-4-5-38-46(43)53(72)66(52(38)71)42-11-12-44(69)61-51(42)70;1-2/h1,4-7,10,21-22,25,31,33-35,42-43,46,58,60,67-68H,2,8-9,11-20,23-24,26-29H2,(H,61,69,70);1H2. The van der Waals surface area contributed by atoms with Gasteiger partial charge >= 0.3 is 6.01 Å². The van der Waals surface area contributed by atoms with E-state index in [1.165, 1.54) is 30.5 Å². The predicted molar refractivity (Wildman–Crippen MR) is 277 cm³/mol. The highest BCUT2D eigenvalue weighted by atomic mass is 19.1. The number of benzene rings is 2. The van der Waals surface area contributed by atoms with Crippen molar-refractivity contribution in [3.63, 3.8) is 0 Å². The summed E-state index contributed by atoms with van der Waals surface area (Å²) < 4.78 is 45.2. The lowest BCUT2D eigenvalue weighted by Gasteiger charge is -2.35. The van der Waals surface area contributed by atoms with Crippen molar-refractivity contribution in [1.82, 2.24) is 40.7 Å². The number of aromatic nitrogens is 3. The fraction of sp³-hybridized carbons (Fsp3) is 0.464. The minimum Gasteiger partial charge on any atom is -0.508 e. The molecule has 20 heteroatoms. The van der Waals surface area contributed by atoms with Gasteiger partial charge in [0.15, 0.2) is 5.82 Å². The summed E-state index contributed by atoms with van der Waals surface area (Å²) in [5.41, 5.74) is 0.860. The summed E-state index contributed by atoms with van der Waals surface area (Å²) in [7, 11) is 0. The largest absolute Gasteiger partial charge is 0.508 e. The van der Waals surface area contributed by atoms with Crippen molar-refractivity contribution in [2.24, 2.45) is 11.8 Å². The number of hydrogen-bond acceptors (Lipinski definition) is 16. The van der Waals surface area contributed by atoms with E-state index in [4.69, 9.17) is 30.7 Å². The second-order valence-corrected chi connectivity index (χ2v) is 20.9. The number of anilines is 1. The highest BCUT2D eigenvalue weighted by molar-refractivity contribution is 6.18. The van der Waals surface area contributed by atoms with Gasteiger partial charge in [-0.2, -0.15) is 9.97 Å². The Morgan fingerprint density at radius 1 is 1.04 bits per heavy atom.